The number of para-hydroxylation sites is 1. The molecule has 0 atom stereocenters. The molecule has 1 heterocycles. The van der Waals surface area contributed by atoms with E-state index >= 15 is 0 Å². The number of hydrogen-bond acceptors (Lipinski definition) is 8. The third kappa shape index (κ3) is 5.00. The minimum absolute atomic E-state index is 0.0271. The van der Waals surface area contributed by atoms with Crippen molar-refractivity contribution >= 4 is 26.8 Å². The Balaban J connectivity index is 2.15. The predicted molar refractivity (Wildman–Crippen MR) is 114 cm³/mol. The maximum absolute atomic E-state index is 11.8. The van der Waals surface area contributed by atoms with Crippen LogP contribution in [0.2, 0.25) is 0 Å². The zero-order chi connectivity index (χ0) is 22.4. The van der Waals surface area contributed by atoms with Crippen molar-refractivity contribution in [2.24, 2.45) is 0 Å². The molecule has 0 unspecified atom stereocenters. The van der Waals surface area contributed by atoms with Crippen molar-refractivity contribution in [1.29, 1.82) is 0 Å². The van der Waals surface area contributed by atoms with Crippen LogP contribution >= 0.6 is 0 Å². The summed E-state index contributed by atoms with van der Waals surface area (Å²) < 4.78 is 39.2. The van der Waals surface area contributed by atoms with Gasteiger partial charge in [-0.05, 0) is 17.7 Å². The van der Waals surface area contributed by atoms with E-state index in [1.807, 2.05) is 0 Å². The molecule has 10 heteroatoms. The lowest BCUT2D eigenvalue weighted by Gasteiger charge is -2.15. The lowest BCUT2D eigenvalue weighted by Crippen LogP contribution is -2.17. The monoisotopic (exact) mass is 444 g/mol. The van der Waals surface area contributed by atoms with E-state index in [-0.39, 0.29) is 18.1 Å². The molecule has 2 aromatic carbocycles. The van der Waals surface area contributed by atoms with E-state index in [9.17, 15) is 18.3 Å². The minimum Gasteiger partial charge on any atom is -0.477 e. The number of nitrogens with zero attached hydrogens (tertiary/aromatic N) is 1. The highest BCUT2D eigenvalue weighted by Crippen LogP contribution is 2.34. The summed E-state index contributed by atoms with van der Waals surface area (Å²) in [6.45, 7) is 1.02. The quantitative estimate of drug-likeness (QED) is 0.220. The number of ether oxygens (including phenoxy) is 2. The fourth-order valence-electron chi connectivity index (χ4n) is 3.04. The smallest absolute Gasteiger partial charge is 0.352 e. The molecule has 0 aliphatic rings. The van der Waals surface area contributed by atoms with Crippen molar-refractivity contribution in [1.82, 2.24) is 4.98 Å². The van der Waals surface area contributed by atoms with Crippen LogP contribution in [0.1, 0.15) is 11.1 Å². The molecule has 0 saturated carbocycles. The predicted octanol–water partition coefficient (Wildman–Crippen LogP) is 2.24. The second-order valence-corrected chi connectivity index (χ2v) is 7.27. The van der Waals surface area contributed by atoms with Crippen molar-refractivity contribution in [2.75, 3.05) is 26.1 Å². The highest BCUT2D eigenvalue weighted by molar-refractivity contribution is 7.75. The summed E-state index contributed by atoms with van der Waals surface area (Å²) in [6.07, 6.45) is 2.79. The van der Waals surface area contributed by atoms with Gasteiger partial charge in [-0.2, -0.15) is 8.42 Å². The van der Waals surface area contributed by atoms with Crippen LogP contribution in [0.4, 0.5) is 5.69 Å². The highest BCUT2D eigenvalue weighted by atomic mass is 32.2. The number of aromatic nitrogens is 1. The molecular formula is C21H20N2O7S. The summed E-state index contributed by atoms with van der Waals surface area (Å²) in [7, 11) is -1.44. The average Bonchev–Trinajstić information content (AvgIpc) is 3.27. The molecule has 0 amide bonds. The molecule has 0 fully saturated rings. The van der Waals surface area contributed by atoms with E-state index in [2.05, 4.69) is 4.98 Å². The van der Waals surface area contributed by atoms with Crippen LogP contribution in [0.5, 0.6) is 0 Å². The number of nitrogens with two attached hydrogens (primary N) is 1. The molecule has 3 aromatic rings. The lowest BCUT2D eigenvalue weighted by molar-refractivity contribution is -0.129. The molecule has 162 valence electrons. The van der Waals surface area contributed by atoms with Gasteiger partial charge in [0.2, 0.25) is 16.2 Å². The van der Waals surface area contributed by atoms with E-state index in [0.717, 1.165) is 0 Å². The van der Waals surface area contributed by atoms with Gasteiger partial charge in [-0.3, -0.25) is 0 Å². The Kier molecular flexibility index (Phi) is 7.19. The fraction of sp³-hybridized carbons (Fsp3) is 0.190. The van der Waals surface area contributed by atoms with Crippen LogP contribution in [-0.2, 0) is 31.2 Å². The van der Waals surface area contributed by atoms with Crippen molar-refractivity contribution in [3.05, 3.63) is 60.0 Å². The highest BCUT2D eigenvalue weighted by Gasteiger charge is 2.22. The van der Waals surface area contributed by atoms with Gasteiger partial charge in [0.15, 0.2) is 4.86 Å². The molecule has 0 spiro atoms. The van der Waals surface area contributed by atoms with Crippen LogP contribution in [0, 0.1) is 0 Å². The van der Waals surface area contributed by atoms with Gasteiger partial charge in [0.25, 0.3) is 0 Å². The van der Waals surface area contributed by atoms with Crippen LogP contribution in [0.3, 0.4) is 0 Å². The summed E-state index contributed by atoms with van der Waals surface area (Å²) in [4.78, 5) is 15.0. The van der Waals surface area contributed by atoms with Crippen molar-refractivity contribution in [3.63, 3.8) is 0 Å². The van der Waals surface area contributed by atoms with E-state index in [0.29, 0.717) is 41.2 Å². The molecule has 3 N–H and O–H groups in total. The maximum Gasteiger partial charge on any atom is 0.352 e. The summed E-state index contributed by atoms with van der Waals surface area (Å²) in [6, 6.07) is 9.85. The summed E-state index contributed by atoms with van der Waals surface area (Å²) in [5.41, 5.74) is 8.58. The first-order chi connectivity index (χ1) is 14.9. The molecule has 31 heavy (non-hydrogen) atoms. The van der Waals surface area contributed by atoms with Gasteiger partial charge in [-0.15, -0.1) is 0 Å². The van der Waals surface area contributed by atoms with E-state index in [1.165, 1.54) is 18.5 Å². The molecular weight excluding hydrogens is 424 g/mol. The molecule has 3 rings (SSSR count). The fourth-order valence-corrected chi connectivity index (χ4v) is 3.53. The van der Waals surface area contributed by atoms with Gasteiger partial charge in [-0.1, -0.05) is 24.3 Å². The first kappa shape index (κ1) is 22.2. The summed E-state index contributed by atoms with van der Waals surface area (Å²) in [5, 5.41) is 9.55. The van der Waals surface area contributed by atoms with Crippen LogP contribution in [0.15, 0.2) is 53.3 Å². The molecule has 0 saturated heterocycles. The number of benzene rings is 2. The zero-order valence-electron chi connectivity index (χ0n) is 16.6. The minimum atomic E-state index is -3.01. The number of hydrogen-bond donors (Lipinski definition) is 2. The third-order valence-electron chi connectivity index (χ3n) is 4.48. The SMILES string of the molecule is COCCOCc1cccc(-c2ccc(-c3ncco3)cc2C(C(=O)O)=S(=O)=O)c1N. The van der Waals surface area contributed by atoms with E-state index in [4.69, 9.17) is 19.6 Å². The Morgan fingerprint density at radius 2 is 2.00 bits per heavy atom. The van der Waals surface area contributed by atoms with Gasteiger partial charge in [0.05, 0.1) is 26.0 Å². The summed E-state index contributed by atoms with van der Waals surface area (Å²) >= 11 is 0. The second kappa shape index (κ2) is 10.0. The normalized spacial score (nSPS) is 10.7. The standard InChI is InChI=1S/C21H20N2O7S/c1-28-9-10-29-12-14-3-2-4-16(18(14)22)15-6-5-13(20-23-7-8-30-20)11-17(15)19(21(24)25)31(26)27/h2-8,11H,9-10,12,22H2,1H3,(H,24,25). The van der Waals surface area contributed by atoms with Crippen LogP contribution in [-0.4, -0.2) is 49.7 Å². The molecule has 0 aliphatic carbocycles. The third-order valence-corrected chi connectivity index (χ3v) is 5.21. The number of nitrogen functional groups attached to an aromatic ring is 1. The average molecular weight is 444 g/mol. The van der Waals surface area contributed by atoms with Gasteiger partial charge in [-0.25, -0.2) is 9.78 Å². The number of rotatable bonds is 9. The largest absolute Gasteiger partial charge is 0.477 e. The molecule has 9 nitrogen and oxygen atoms in total. The van der Waals surface area contributed by atoms with Crippen molar-refractivity contribution in [3.8, 4) is 22.6 Å². The number of oxazole rings is 1. The number of methoxy groups -OCH3 is 1. The van der Waals surface area contributed by atoms with Gasteiger partial charge in [0, 0.05) is 35.1 Å². The first-order valence-corrected chi connectivity index (χ1v) is 10.2. The maximum atomic E-state index is 11.8. The van der Waals surface area contributed by atoms with Gasteiger partial charge in [0.1, 0.15) is 6.26 Å². The van der Waals surface area contributed by atoms with Crippen LogP contribution < -0.4 is 5.73 Å². The number of carboxylic acids is 1. The molecule has 0 radical (unpaired) electrons. The number of carboxylic acid groups (broad SMARTS) is 1. The molecule has 0 bridgehead atoms. The van der Waals surface area contributed by atoms with Gasteiger partial charge >= 0.3 is 5.97 Å². The number of anilines is 1. The Bertz CT molecular complexity index is 1210. The molecule has 1 aromatic heterocycles. The summed E-state index contributed by atoms with van der Waals surface area (Å²) in [5.74, 6) is -1.36. The zero-order valence-corrected chi connectivity index (χ0v) is 17.4. The van der Waals surface area contributed by atoms with Crippen molar-refractivity contribution < 1.29 is 32.2 Å². The Labute approximate surface area is 179 Å². The first-order valence-electron chi connectivity index (χ1n) is 9.12. The Hall–Kier alpha value is -3.47. The van der Waals surface area contributed by atoms with E-state index in [1.54, 1.807) is 37.4 Å². The van der Waals surface area contributed by atoms with E-state index < -0.39 is 21.1 Å². The number of carbonyl (C=O) groups is 1. The molecule has 0 aliphatic heterocycles. The topological polar surface area (TPSA) is 142 Å². The Morgan fingerprint density at radius 3 is 2.65 bits per heavy atom. The lowest BCUT2D eigenvalue weighted by atomic mass is 9.93. The van der Waals surface area contributed by atoms with Crippen molar-refractivity contribution in [2.45, 2.75) is 6.61 Å². The second-order valence-electron chi connectivity index (χ2n) is 6.39. The number of aliphatic carboxylic acids is 1. The van der Waals surface area contributed by atoms with Crippen LogP contribution in [0.25, 0.3) is 22.6 Å². The van der Waals surface area contributed by atoms with Gasteiger partial charge < -0.3 is 24.7 Å². The Morgan fingerprint density at radius 1 is 1.19 bits per heavy atom.